The average Bonchev–Trinajstić information content (AvgIpc) is 2.37. The predicted molar refractivity (Wildman–Crippen MR) is 75.2 cm³/mol. The number of aliphatic hydroxyl groups excluding tert-OH is 1. The van der Waals surface area contributed by atoms with Crippen molar-refractivity contribution >= 4 is 11.6 Å². The molecule has 0 atom stereocenters. The van der Waals surface area contributed by atoms with Crippen molar-refractivity contribution < 1.29 is 14.6 Å². The Morgan fingerprint density at radius 3 is 2.74 bits per heavy atom. The highest BCUT2D eigenvalue weighted by Crippen LogP contribution is 2.17. The fraction of sp³-hybridized carbons (Fsp3) is 0.500. The number of amides is 1. The minimum absolute atomic E-state index is 0.0220. The Kier molecular flexibility index (Phi) is 6.32. The quantitative estimate of drug-likeness (QED) is 0.508. The van der Waals surface area contributed by atoms with Crippen molar-refractivity contribution in [2.45, 2.75) is 20.3 Å². The van der Waals surface area contributed by atoms with Crippen molar-refractivity contribution in [3.8, 4) is 0 Å². The molecule has 1 amide bonds. The first-order valence-electron chi connectivity index (χ1n) is 6.39. The van der Waals surface area contributed by atoms with Crippen LogP contribution < -0.4 is 11.1 Å². The van der Waals surface area contributed by atoms with E-state index in [1.165, 1.54) is 0 Å². The normalized spacial score (nSPS) is 10.5. The van der Waals surface area contributed by atoms with Gasteiger partial charge in [-0.3, -0.25) is 4.79 Å². The maximum Gasteiger partial charge on any atom is 0.251 e. The first-order chi connectivity index (χ1) is 9.06. The summed E-state index contributed by atoms with van der Waals surface area (Å²) in [5, 5.41) is 11.4. The summed E-state index contributed by atoms with van der Waals surface area (Å²) in [4.78, 5) is 12.0. The van der Waals surface area contributed by atoms with Crippen LogP contribution in [-0.2, 0) is 4.74 Å². The highest BCUT2D eigenvalue weighted by Gasteiger charge is 2.10. The van der Waals surface area contributed by atoms with Gasteiger partial charge in [-0.05, 0) is 37.5 Å². The van der Waals surface area contributed by atoms with Crippen LogP contribution >= 0.6 is 0 Å². The van der Waals surface area contributed by atoms with Crippen LogP contribution in [0.25, 0.3) is 0 Å². The minimum atomic E-state index is -0.119. The van der Waals surface area contributed by atoms with E-state index < -0.39 is 0 Å². The lowest BCUT2D eigenvalue weighted by Crippen LogP contribution is -2.26. The van der Waals surface area contributed by atoms with Crippen molar-refractivity contribution in [3.63, 3.8) is 0 Å². The molecule has 0 saturated heterocycles. The number of nitrogen functional groups attached to an aromatic ring is 1. The summed E-state index contributed by atoms with van der Waals surface area (Å²) in [6.07, 6.45) is 0.714. The van der Waals surface area contributed by atoms with Gasteiger partial charge in [0.15, 0.2) is 0 Å². The third-order valence-corrected chi connectivity index (χ3v) is 2.84. The molecule has 0 saturated carbocycles. The van der Waals surface area contributed by atoms with Gasteiger partial charge in [-0.1, -0.05) is 6.07 Å². The number of anilines is 1. The van der Waals surface area contributed by atoms with Gasteiger partial charge in [-0.25, -0.2) is 0 Å². The third kappa shape index (κ3) is 4.89. The number of nitrogens with two attached hydrogens (primary N) is 1. The van der Waals surface area contributed by atoms with Gasteiger partial charge in [-0.15, -0.1) is 0 Å². The van der Waals surface area contributed by atoms with Gasteiger partial charge in [0.1, 0.15) is 0 Å². The van der Waals surface area contributed by atoms with Crippen molar-refractivity contribution in [1.82, 2.24) is 5.32 Å². The van der Waals surface area contributed by atoms with Crippen LogP contribution in [0, 0.1) is 13.8 Å². The molecule has 0 radical (unpaired) electrons. The molecule has 0 spiro atoms. The molecule has 0 aliphatic rings. The molecule has 5 heteroatoms. The summed E-state index contributed by atoms with van der Waals surface area (Å²) in [6.45, 7) is 5.23. The molecule has 0 aliphatic carbocycles. The molecule has 19 heavy (non-hydrogen) atoms. The summed E-state index contributed by atoms with van der Waals surface area (Å²) < 4.78 is 5.11. The van der Waals surface area contributed by atoms with E-state index in [1.807, 2.05) is 19.9 Å². The first kappa shape index (κ1) is 15.5. The second-order valence-corrected chi connectivity index (χ2v) is 4.47. The van der Waals surface area contributed by atoms with E-state index in [1.54, 1.807) is 6.07 Å². The number of aryl methyl sites for hydroxylation is 2. The Bertz CT molecular complexity index is 433. The number of benzene rings is 1. The Morgan fingerprint density at radius 1 is 1.32 bits per heavy atom. The molecule has 0 fully saturated rings. The van der Waals surface area contributed by atoms with Gasteiger partial charge in [0.25, 0.3) is 5.91 Å². The molecule has 1 aromatic carbocycles. The molecule has 1 aromatic rings. The molecule has 4 N–H and O–H groups in total. The highest BCUT2D eigenvalue weighted by atomic mass is 16.5. The van der Waals surface area contributed by atoms with E-state index in [0.717, 1.165) is 11.1 Å². The maximum atomic E-state index is 12.0. The Morgan fingerprint density at radius 2 is 2.05 bits per heavy atom. The molecule has 0 heterocycles. The zero-order valence-electron chi connectivity index (χ0n) is 11.5. The number of aliphatic hydroxyl groups is 1. The second kappa shape index (κ2) is 7.76. The summed E-state index contributed by atoms with van der Waals surface area (Å²) in [7, 11) is 0. The Labute approximate surface area is 113 Å². The molecule has 106 valence electrons. The molecule has 0 bridgehead atoms. The predicted octanol–water partition coefficient (Wildman–Crippen LogP) is 1.01. The Hall–Kier alpha value is -1.59. The lowest BCUT2D eigenvalue weighted by Gasteiger charge is -2.10. The fourth-order valence-corrected chi connectivity index (χ4v) is 1.75. The van der Waals surface area contributed by atoms with Gasteiger partial charge < -0.3 is 20.9 Å². The smallest absolute Gasteiger partial charge is 0.251 e. The van der Waals surface area contributed by atoms with Crippen LogP contribution in [0.2, 0.25) is 0 Å². The number of carbonyl (C=O) groups is 1. The zero-order valence-corrected chi connectivity index (χ0v) is 11.5. The topological polar surface area (TPSA) is 84.6 Å². The van der Waals surface area contributed by atoms with Gasteiger partial charge in [0.05, 0.1) is 13.2 Å². The van der Waals surface area contributed by atoms with Crippen LogP contribution in [0.4, 0.5) is 5.69 Å². The van der Waals surface area contributed by atoms with Crippen molar-refractivity contribution in [3.05, 3.63) is 28.8 Å². The number of ether oxygens (including phenoxy) is 1. The number of hydrogen-bond acceptors (Lipinski definition) is 4. The van der Waals surface area contributed by atoms with Crippen LogP contribution in [0.1, 0.15) is 27.9 Å². The number of nitrogens with one attached hydrogen (secondary N) is 1. The lowest BCUT2D eigenvalue weighted by atomic mass is 10.0. The third-order valence-electron chi connectivity index (χ3n) is 2.84. The number of carbonyl (C=O) groups excluding carboxylic acids is 1. The van der Waals surface area contributed by atoms with E-state index in [9.17, 15) is 4.79 Å². The number of rotatable bonds is 7. The summed E-state index contributed by atoms with van der Waals surface area (Å²) in [6, 6.07) is 3.62. The minimum Gasteiger partial charge on any atom is -0.398 e. The van der Waals surface area contributed by atoms with E-state index in [0.29, 0.717) is 37.4 Å². The van der Waals surface area contributed by atoms with E-state index >= 15 is 0 Å². The number of hydrogen-bond donors (Lipinski definition) is 3. The van der Waals surface area contributed by atoms with E-state index in [4.69, 9.17) is 15.6 Å². The van der Waals surface area contributed by atoms with Gasteiger partial charge >= 0.3 is 0 Å². The monoisotopic (exact) mass is 266 g/mol. The van der Waals surface area contributed by atoms with Crippen LogP contribution in [0.5, 0.6) is 0 Å². The van der Waals surface area contributed by atoms with Gasteiger partial charge in [0, 0.05) is 24.4 Å². The summed E-state index contributed by atoms with van der Waals surface area (Å²) in [5.74, 6) is -0.119. The molecular formula is C14H22N2O3. The maximum absolute atomic E-state index is 12.0. The fourth-order valence-electron chi connectivity index (χ4n) is 1.75. The average molecular weight is 266 g/mol. The summed E-state index contributed by atoms with van der Waals surface area (Å²) in [5.41, 5.74) is 8.95. The highest BCUT2D eigenvalue weighted by molar-refractivity contribution is 5.96. The molecule has 0 aliphatic heterocycles. The standard InChI is InChI=1S/C14H22N2O3/c1-10-8-11(2)13(15)9-12(10)14(18)16-4-3-6-19-7-5-17/h8-9,17H,3-7,15H2,1-2H3,(H,16,18). The van der Waals surface area contributed by atoms with Gasteiger partial charge in [0.2, 0.25) is 0 Å². The SMILES string of the molecule is Cc1cc(C)c(C(=O)NCCCOCCO)cc1N. The molecule has 0 unspecified atom stereocenters. The molecule has 1 rings (SSSR count). The van der Waals surface area contributed by atoms with E-state index in [2.05, 4.69) is 5.32 Å². The van der Waals surface area contributed by atoms with E-state index in [-0.39, 0.29) is 12.5 Å². The lowest BCUT2D eigenvalue weighted by molar-refractivity contribution is 0.0867. The largest absolute Gasteiger partial charge is 0.398 e. The second-order valence-electron chi connectivity index (χ2n) is 4.47. The first-order valence-corrected chi connectivity index (χ1v) is 6.39. The zero-order chi connectivity index (χ0) is 14.3. The van der Waals surface area contributed by atoms with Crippen LogP contribution in [0.15, 0.2) is 12.1 Å². The van der Waals surface area contributed by atoms with Crippen LogP contribution in [0.3, 0.4) is 0 Å². The van der Waals surface area contributed by atoms with Crippen molar-refractivity contribution in [2.24, 2.45) is 0 Å². The summed E-state index contributed by atoms with van der Waals surface area (Å²) >= 11 is 0. The molecule has 5 nitrogen and oxygen atoms in total. The van der Waals surface area contributed by atoms with Crippen molar-refractivity contribution in [1.29, 1.82) is 0 Å². The molecule has 0 aromatic heterocycles. The Balaban J connectivity index is 2.43. The van der Waals surface area contributed by atoms with Gasteiger partial charge in [-0.2, -0.15) is 0 Å². The van der Waals surface area contributed by atoms with Crippen molar-refractivity contribution in [2.75, 3.05) is 32.1 Å². The van der Waals surface area contributed by atoms with Crippen LogP contribution in [-0.4, -0.2) is 37.4 Å². The molecular weight excluding hydrogens is 244 g/mol.